The van der Waals surface area contributed by atoms with E-state index in [-0.39, 0.29) is 18.0 Å². The van der Waals surface area contributed by atoms with Crippen LogP contribution in [0.4, 0.5) is 0 Å². The molecule has 0 spiro atoms. The largest absolute Gasteiger partial charge is 0.384 e. The molecule has 0 unspecified atom stereocenters. The normalized spacial score (nSPS) is 18.9. The molecule has 9 heavy (non-hydrogen) atoms. The lowest BCUT2D eigenvalue weighted by atomic mass is 10.2. The molecule has 1 rings (SSSR count). The third-order valence-electron chi connectivity index (χ3n) is 1.03. The minimum absolute atomic E-state index is 0.00926. The lowest BCUT2D eigenvalue weighted by Gasteiger charge is -2.02. The van der Waals surface area contributed by atoms with E-state index >= 15 is 0 Å². The van der Waals surface area contributed by atoms with Crippen molar-refractivity contribution in [1.82, 2.24) is 0 Å². The van der Waals surface area contributed by atoms with Gasteiger partial charge >= 0.3 is 0 Å². The summed E-state index contributed by atoms with van der Waals surface area (Å²) >= 11 is 0. The minimum atomic E-state index is -0.163. The Morgan fingerprint density at radius 1 is 1.56 bits per heavy atom. The molecule has 0 aromatic carbocycles. The standard InChI is InChI=1S/C5H7N3O/c6-4-2-1-3(9)5(7)8-4/h2H,1,6H2,(H2,7,8). The molecule has 4 N–H and O–H groups in total. The molecule has 0 aromatic heterocycles. The molecular formula is C5H7N3O. The first-order valence-corrected chi connectivity index (χ1v) is 2.53. The van der Waals surface area contributed by atoms with Crippen molar-refractivity contribution in [2.45, 2.75) is 6.42 Å². The molecule has 1 aliphatic rings. The first kappa shape index (κ1) is 5.81. The minimum Gasteiger partial charge on any atom is -0.384 e. The van der Waals surface area contributed by atoms with Gasteiger partial charge in [-0.2, -0.15) is 0 Å². The Balaban J connectivity index is 2.87. The average Bonchev–Trinajstić information content (AvgIpc) is 1.80. The first-order chi connectivity index (χ1) is 4.20. The number of allylic oxidation sites excluding steroid dienone is 1. The third kappa shape index (κ3) is 1.07. The van der Waals surface area contributed by atoms with Crippen LogP contribution < -0.4 is 11.5 Å². The summed E-state index contributed by atoms with van der Waals surface area (Å²) in [5.74, 6) is 0.173. The van der Waals surface area contributed by atoms with Crippen molar-refractivity contribution < 1.29 is 4.79 Å². The number of hydrogen-bond donors (Lipinski definition) is 2. The number of Topliss-reactive ketones (excluding diaryl/α,β-unsaturated/α-hetero) is 1. The Morgan fingerprint density at radius 3 is 2.67 bits per heavy atom. The van der Waals surface area contributed by atoms with E-state index in [4.69, 9.17) is 11.5 Å². The number of carbonyl (C=O) groups excluding carboxylic acids is 1. The summed E-state index contributed by atoms with van der Waals surface area (Å²) in [6.07, 6.45) is 1.82. The topological polar surface area (TPSA) is 81.5 Å². The van der Waals surface area contributed by atoms with Crippen LogP contribution in [0.2, 0.25) is 0 Å². The third-order valence-corrected chi connectivity index (χ3v) is 1.03. The molecule has 0 aliphatic carbocycles. The number of hydrogen-bond acceptors (Lipinski definition) is 4. The Hall–Kier alpha value is -1.32. The molecule has 4 nitrogen and oxygen atoms in total. The maximum atomic E-state index is 10.6. The van der Waals surface area contributed by atoms with Gasteiger partial charge in [-0.3, -0.25) is 4.79 Å². The Morgan fingerprint density at radius 2 is 2.22 bits per heavy atom. The zero-order chi connectivity index (χ0) is 6.85. The van der Waals surface area contributed by atoms with E-state index in [0.29, 0.717) is 5.82 Å². The summed E-state index contributed by atoms with van der Waals surface area (Å²) in [6, 6.07) is 0. The van der Waals surface area contributed by atoms with E-state index in [2.05, 4.69) is 4.99 Å². The number of rotatable bonds is 0. The Kier molecular flexibility index (Phi) is 1.22. The molecule has 4 heteroatoms. The monoisotopic (exact) mass is 125 g/mol. The van der Waals surface area contributed by atoms with E-state index in [9.17, 15) is 4.79 Å². The first-order valence-electron chi connectivity index (χ1n) is 2.53. The maximum Gasteiger partial charge on any atom is 0.201 e. The van der Waals surface area contributed by atoms with E-state index in [1.165, 1.54) is 0 Å². The highest BCUT2D eigenvalue weighted by Gasteiger charge is 2.09. The molecule has 0 fully saturated rings. The summed E-state index contributed by atoms with van der Waals surface area (Å²) in [6.45, 7) is 0. The number of carbonyl (C=O) groups is 1. The zero-order valence-corrected chi connectivity index (χ0v) is 4.79. The second kappa shape index (κ2) is 1.89. The lowest BCUT2D eigenvalue weighted by Crippen LogP contribution is -2.26. The summed E-state index contributed by atoms with van der Waals surface area (Å²) < 4.78 is 0. The highest BCUT2D eigenvalue weighted by molar-refractivity contribution is 6.39. The molecule has 1 aliphatic heterocycles. The van der Waals surface area contributed by atoms with Crippen LogP contribution in [0.1, 0.15) is 6.42 Å². The van der Waals surface area contributed by atoms with Gasteiger partial charge in [-0.25, -0.2) is 4.99 Å². The van der Waals surface area contributed by atoms with E-state index in [0.717, 1.165) is 0 Å². The van der Waals surface area contributed by atoms with Crippen molar-refractivity contribution in [3.8, 4) is 0 Å². The summed E-state index contributed by atoms with van der Waals surface area (Å²) in [5, 5.41) is 0. The fourth-order valence-corrected chi connectivity index (χ4v) is 0.549. The van der Waals surface area contributed by atoms with Gasteiger partial charge in [-0.15, -0.1) is 0 Å². The van der Waals surface area contributed by atoms with Gasteiger partial charge in [0.25, 0.3) is 0 Å². The molecule has 0 atom stereocenters. The van der Waals surface area contributed by atoms with E-state index in [1.807, 2.05) is 0 Å². The number of nitrogens with zero attached hydrogens (tertiary/aromatic N) is 1. The molecule has 0 aromatic rings. The SMILES string of the molecule is NC1=CCC(=O)C(N)=N1. The molecule has 0 radical (unpaired) electrons. The average molecular weight is 125 g/mol. The second-order valence-electron chi connectivity index (χ2n) is 1.75. The Bertz CT molecular complexity index is 204. The molecule has 48 valence electrons. The number of amidine groups is 1. The van der Waals surface area contributed by atoms with Crippen molar-refractivity contribution in [2.24, 2.45) is 16.5 Å². The van der Waals surface area contributed by atoms with E-state index < -0.39 is 0 Å². The van der Waals surface area contributed by atoms with Gasteiger partial charge < -0.3 is 11.5 Å². The predicted molar refractivity (Wildman–Crippen MR) is 33.5 cm³/mol. The summed E-state index contributed by atoms with van der Waals surface area (Å²) in [5.41, 5.74) is 10.4. The van der Waals surface area contributed by atoms with Gasteiger partial charge in [0.05, 0.1) is 0 Å². The number of ketones is 1. The van der Waals surface area contributed by atoms with Gasteiger partial charge in [-0.1, -0.05) is 0 Å². The molecular weight excluding hydrogens is 118 g/mol. The highest BCUT2D eigenvalue weighted by atomic mass is 16.1. The maximum absolute atomic E-state index is 10.6. The molecule has 0 amide bonds. The van der Waals surface area contributed by atoms with Crippen LogP contribution in [0, 0.1) is 0 Å². The van der Waals surface area contributed by atoms with Crippen LogP contribution in [0.15, 0.2) is 16.9 Å². The predicted octanol–water partition coefficient (Wildman–Crippen LogP) is -0.883. The van der Waals surface area contributed by atoms with Crippen LogP contribution in [0.25, 0.3) is 0 Å². The van der Waals surface area contributed by atoms with Crippen molar-refractivity contribution in [3.63, 3.8) is 0 Å². The number of nitrogens with two attached hydrogens (primary N) is 2. The quantitative estimate of drug-likeness (QED) is 0.441. The molecule has 0 saturated carbocycles. The lowest BCUT2D eigenvalue weighted by molar-refractivity contribution is -0.112. The van der Waals surface area contributed by atoms with Crippen LogP contribution >= 0.6 is 0 Å². The van der Waals surface area contributed by atoms with Crippen molar-refractivity contribution in [3.05, 3.63) is 11.9 Å². The van der Waals surface area contributed by atoms with Gasteiger partial charge in [0, 0.05) is 6.42 Å². The fraction of sp³-hybridized carbons (Fsp3) is 0.200. The van der Waals surface area contributed by atoms with Gasteiger partial charge in [0.2, 0.25) is 5.78 Å². The molecule has 1 heterocycles. The van der Waals surface area contributed by atoms with Crippen LogP contribution in [-0.2, 0) is 4.79 Å². The second-order valence-corrected chi connectivity index (χ2v) is 1.75. The van der Waals surface area contributed by atoms with Gasteiger partial charge in [0.15, 0.2) is 5.84 Å². The summed E-state index contributed by atoms with van der Waals surface area (Å²) in [4.78, 5) is 14.1. The van der Waals surface area contributed by atoms with Crippen molar-refractivity contribution in [1.29, 1.82) is 0 Å². The van der Waals surface area contributed by atoms with E-state index in [1.54, 1.807) is 6.08 Å². The zero-order valence-electron chi connectivity index (χ0n) is 4.79. The smallest absolute Gasteiger partial charge is 0.201 e. The summed E-state index contributed by atoms with van der Waals surface area (Å²) in [7, 11) is 0. The molecule has 0 bridgehead atoms. The fourth-order valence-electron chi connectivity index (χ4n) is 0.549. The van der Waals surface area contributed by atoms with Crippen LogP contribution in [0.3, 0.4) is 0 Å². The molecule has 0 saturated heterocycles. The van der Waals surface area contributed by atoms with Gasteiger partial charge in [0.1, 0.15) is 5.82 Å². The number of aliphatic imine (C=N–C) groups is 1. The van der Waals surface area contributed by atoms with Gasteiger partial charge in [-0.05, 0) is 6.08 Å². The Labute approximate surface area is 52.2 Å². The van der Waals surface area contributed by atoms with Crippen LogP contribution in [0.5, 0.6) is 0 Å². The van der Waals surface area contributed by atoms with Crippen LogP contribution in [-0.4, -0.2) is 11.6 Å². The van der Waals surface area contributed by atoms with Crippen molar-refractivity contribution in [2.75, 3.05) is 0 Å². The van der Waals surface area contributed by atoms with Crippen molar-refractivity contribution >= 4 is 11.6 Å². The highest BCUT2D eigenvalue weighted by Crippen LogP contribution is 1.99.